The van der Waals surface area contributed by atoms with Crippen molar-refractivity contribution in [1.29, 1.82) is 0 Å². The fourth-order valence-corrected chi connectivity index (χ4v) is 1.03. The number of carbonyl (C=O) groups is 2. The Kier molecular flexibility index (Phi) is 4.53. The number of furan rings is 1. The monoisotopic (exact) mass is 226 g/mol. The minimum absolute atomic E-state index is 0.141. The minimum atomic E-state index is -0.447. The van der Waals surface area contributed by atoms with E-state index >= 15 is 0 Å². The summed E-state index contributed by atoms with van der Waals surface area (Å²) in [6.45, 7) is 1.37. The van der Waals surface area contributed by atoms with Gasteiger partial charge in [-0.2, -0.15) is 0 Å². The molecule has 1 atom stereocenters. The van der Waals surface area contributed by atoms with Crippen LogP contribution < -0.4 is 10.6 Å². The van der Waals surface area contributed by atoms with E-state index < -0.39 is 5.91 Å². The van der Waals surface area contributed by atoms with E-state index in [2.05, 4.69) is 10.6 Å². The molecule has 88 valence electrons. The standard InChI is InChI=1S/C10H14N2O4/c1-7(6-13)12-9(14)5-11-10(15)8-3-2-4-16-8/h2-4,7,13H,5-6H2,1H3,(H,11,15)(H,12,14)/t7-/m0/s1. The number of aliphatic hydroxyl groups excluding tert-OH is 1. The maximum absolute atomic E-state index is 11.3. The van der Waals surface area contributed by atoms with Gasteiger partial charge in [0, 0.05) is 6.04 Å². The first-order valence-electron chi connectivity index (χ1n) is 4.85. The zero-order chi connectivity index (χ0) is 12.0. The molecule has 0 fully saturated rings. The van der Waals surface area contributed by atoms with Crippen molar-refractivity contribution < 1.29 is 19.1 Å². The molecule has 0 unspecified atom stereocenters. The van der Waals surface area contributed by atoms with Crippen molar-refractivity contribution in [1.82, 2.24) is 10.6 Å². The minimum Gasteiger partial charge on any atom is -0.459 e. The topological polar surface area (TPSA) is 91.6 Å². The number of nitrogens with one attached hydrogen (secondary N) is 2. The molecule has 1 rings (SSSR count). The van der Waals surface area contributed by atoms with Crippen molar-refractivity contribution in [3.8, 4) is 0 Å². The Hall–Kier alpha value is -1.82. The van der Waals surface area contributed by atoms with Crippen LogP contribution in [-0.2, 0) is 4.79 Å². The molecular weight excluding hydrogens is 212 g/mol. The predicted octanol–water partition coefficient (Wildman–Crippen LogP) is -0.494. The third kappa shape index (κ3) is 3.74. The molecule has 0 aromatic carbocycles. The molecular formula is C10H14N2O4. The molecule has 2 amide bonds. The molecule has 16 heavy (non-hydrogen) atoms. The van der Waals surface area contributed by atoms with E-state index in [9.17, 15) is 9.59 Å². The second kappa shape index (κ2) is 5.92. The van der Waals surface area contributed by atoms with Gasteiger partial charge in [0.1, 0.15) is 0 Å². The Morgan fingerprint density at radius 3 is 2.88 bits per heavy atom. The highest BCUT2D eigenvalue weighted by molar-refractivity contribution is 5.94. The predicted molar refractivity (Wildman–Crippen MR) is 55.7 cm³/mol. The van der Waals surface area contributed by atoms with E-state index in [0.29, 0.717) is 0 Å². The zero-order valence-corrected chi connectivity index (χ0v) is 8.90. The van der Waals surface area contributed by atoms with Gasteiger partial charge in [-0.25, -0.2) is 0 Å². The third-order valence-electron chi connectivity index (χ3n) is 1.84. The van der Waals surface area contributed by atoms with Gasteiger partial charge in [-0.05, 0) is 19.1 Å². The molecule has 0 radical (unpaired) electrons. The Morgan fingerprint density at radius 2 is 2.31 bits per heavy atom. The van der Waals surface area contributed by atoms with Crippen LogP contribution in [0.3, 0.4) is 0 Å². The molecule has 0 saturated carbocycles. The molecule has 0 spiro atoms. The van der Waals surface area contributed by atoms with Crippen LogP contribution in [0.15, 0.2) is 22.8 Å². The Morgan fingerprint density at radius 1 is 1.56 bits per heavy atom. The number of amides is 2. The molecule has 0 aliphatic heterocycles. The largest absolute Gasteiger partial charge is 0.459 e. The summed E-state index contributed by atoms with van der Waals surface area (Å²) in [5, 5.41) is 13.6. The van der Waals surface area contributed by atoms with Crippen LogP contribution in [-0.4, -0.2) is 36.1 Å². The Balaban J connectivity index is 2.29. The molecule has 1 aromatic rings. The Bertz CT molecular complexity index is 348. The molecule has 6 heteroatoms. The molecule has 0 aliphatic carbocycles. The maximum Gasteiger partial charge on any atom is 0.287 e. The number of carbonyl (C=O) groups excluding carboxylic acids is 2. The van der Waals surface area contributed by atoms with Gasteiger partial charge in [0.2, 0.25) is 5.91 Å². The molecule has 1 aromatic heterocycles. The van der Waals surface area contributed by atoms with Crippen LogP contribution in [0.25, 0.3) is 0 Å². The van der Waals surface area contributed by atoms with E-state index in [4.69, 9.17) is 9.52 Å². The second-order valence-electron chi connectivity index (χ2n) is 3.31. The lowest BCUT2D eigenvalue weighted by Gasteiger charge is -2.10. The van der Waals surface area contributed by atoms with E-state index in [1.54, 1.807) is 13.0 Å². The van der Waals surface area contributed by atoms with E-state index in [-0.39, 0.29) is 30.9 Å². The second-order valence-corrected chi connectivity index (χ2v) is 3.31. The molecule has 0 bridgehead atoms. The number of hydrogen-bond donors (Lipinski definition) is 3. The zero-order valence-electron chi connectivity index (χ0n) is 8.90. The van der Waals surface area contributed by atoms with Gasteiger partial charge in [0.05, 0.1) is 19.4 Å². The van der Waals surface area contributed by atoms with Gasteiger partial charge >= 0.3 is 0 Å². The summed E-state index contributed by atoms with van der Waals surface area (Å²) in [6, 6.07) is 2.76. The summed E-state index contributed by atoms with van der Waals surface area (Å²) in [5.74, 6) is -0.652. The smallest absolute Gasteiger partial charge is 0.287 e. The first-order chi connectivity index (χ1) is 7.63. The van der Waals surface area contributed by atoms with Gasteiger partial charge in [-0.1, -0.05) is 0 Å². The lowest BCUT2D eigenvalue weighted by Crippen LogP contribution is -2.42. The maximum atomic E-state index is 11.3. The summed E-state index contributed by atoms with van der Waals surface area (Å²) >= 11 is 0. The van der Waals surface area contributed by atoms with Crippen molar-refractivity contribution in [2.45, 2.75) is 13.0 Å². The number of hydrogen-bond acceptors (Lipinski definition) is 4. The van der Waals surface area contributed by atoms with E-state index in [0.717, 1.165) is 0 Å². The van der Waals surface area contributed by atoms with Crippen LogP contribution >= 0.6 is 0 Å². The van der Waals surface area contributed by atoms with Crippen molar-refractivity contribution in [2.24, 2.45) is 0 Å². The van der Waals surface area contributed by atoms with Crippen LogP contribution in [0, 0.1) is 0 Å². The van der Waals surface area contributed by atoms with Gasteiger partial charge in [0.15, 0.2) is 5.76 Å². The fraction of sp³-hybridized carbons (Fsp3) is 0.400. The van der Waals surface area contributed by atoms with E-state index in [1.807, 2.05) is 0 Å². The summed E-state index contributed by atoms with van der Waals surface area (Å²) < 4.78 is 4.85. The highest BCUT2D eigenvalue weighted by Crippen LogP contribution is 1.98. The fourth-order valence-electron chi connectivity index (χ4n) is 1.03. The first kappa shape index (κ1) is 12.3. The average molecular weight is 226 g/mol. The molecule has 0 saturated heterocycles. The normalized spacial score (nSPS) is 11.9. The van der Waals surface area contributed by atoms with Crippen LogP contribution in [0.2, 0.25) is 0 Å². The summed E-state index contributed by atoms with van der Waals surface area (Å²) in [7, 11) is 0. The van der Waals surface area contributed by atoms with Crippen LogP contribution in [0.5, 0.6) is 0 Å². The SMILES string of the molecule is C[C@@H](CO)NC(=O)CNC(=O)c1ccco1. The van der Waals surface area contributed by atoms with Crippen molar-refractivity contribution in [3.05, 3.63) is 24.2 Å². The average Bonchev–Trinajstić information content (AvgIpc) is 2.79. The highest BCUT2D eigenvalue weighted by atomic mass is 16.3. The van der Waals surface area contributed by atoms with Gasteiger partial charge in [0.25, 0.3) is 5.91 Å². The van der Waals surface area contributed by atoms with Crippen LogP contribution in [0.4, 0.5) is 0 Å². The molecule has 3 N–H and O–H groups in total. The number of aliphatic hydroxyl groups is 1. The third-order valence-corrected chi connectivity index (χ3v) is 1.84. The molecule has 1 heterocycles. The molecule has 6 nitrogen and oxygen atoms in total. The highest BCUT2D eigenvalue weighted by Gasteiger charge is 2.11. The van der Waals surface area contributed by atoms with Crippen molar-refractivity contribution in [2.75, 3.05) is 13.2 Å². The Labute approximate surface area is 92.6 Å². The van der Waals surface area contributed by atoms with Crippen molar-refractivity contribution >= 4 is 11.8 Å². The first-order valence-corrected chi connectivity index (χ1v) is 4.85. The number of rotatable bonds is 5. The van der Waals surface area contributed by atoms with E-state index in [1.165, 1.54) is 12.3 Å². The van der Waals surface area contributed by atoms with Gasteiger partial charge < -0.3 is 20.2 Å². The lowest BCUT2D eigenvalue weighted by molar-refractivity contribution is -0.121. The summed E-state index contributed by atoms with van der Waals surface area (Å²) in [6.07, 6.45) is 1.38. The lowest BCUT2D eigenvalue weighted by atomic mass is 10.3. The van der Waals surface area contributed by atoms with Gasteiger partial charge in [-0.15, -0.1) is 0 Å². The van der Waals surface area contributed by atoms with Crippen LogP contribution in [0.1, 0.15) is 17.5 Å². The quantitative estimate of drug-likeness (QED) is 0.631. The molecule has 0 aliphatic rings. The van der Waals surface area contributed by atoms with Gasteiger partial charge in [-0.3, -0.25) is 9.59 Å². The van der Waals surface area contributed by atoms with Crippen molar-refractivity contribution in [3.63, 3.8) is 0 Å². The summed E-state index contributed by atoms with van der Waals surface area (Å²) in [5.41, 5.74) is 0. The summed E-state index contributed by atoms with van der Waals surface area (Å²) in [4.78, 5) is 22.6.